The average Bonchev–Trinajstić information content (AvgIpc) is 3.10. The molecular formula is C17H16N2O3S. The maximum atomic E-state index is 12.3. The second-order valence-corrected chi connectivity index (χ2v) is 6.78. The SMILES string of the molecule is Cc1sc2c(c1C)C(=O)N[C@@H](/C=C/c1ccc3c(c1)OCO3)N2. The first kappa shape index (κ1) is 14.1. The minimum atomic E-state index is -0.224. The molecule has 2 aromatic rings. The van der Waals surface area contributed by atoms with Crippen LogP contribution in [-0.2, 0) is 0 Å². The van der Waals surface area contributed by atoms with Crippen LogP contribution in [0, 0.1) is 13.8 Å². The predicted molar refractivity (Wildman–Crippen MR) is 90.3 cm³/mol. The fraction of sp³-hybridized carbons (Fsp3) is 0.235. The Morgan fingerprint density at radius 1 is 1.22 bits per heavy atom. The van der Waals surface area contributed by atoms with Gasteiger partial charge in [0.15, 0.2) is 11.5 Å². The van der Waals surface area contributed by atoms with Gasteiger partial charge in [0.1, 0.15) is 11.2 Å². The number of anilines is 1. The van der Waals surface area contributed by atoms with Gasteiger partial charge in [0.2, 0.25) is 6.79 Å². The van der Waals surface area contributed by atoms with E-state index < -0.39 is 0 Å². The van der Waals surface area contributed by atoms with Crippen LogP contribution in [0.1, 0.15) is 26.4 Å². The van der Waals surface area contributed by atoms with Crippen molar-refractivity contribution in [1.82, 2.24) is 5.32 Å². The molecule has 1 aromatic heterocycles. The number of aryl methyl sites for hydroxylation is 1. The van der Waals surface area contributed by atoms with Crippen molar-refractivity contribution >= 4 is 28.3 Å². The lowest BCUT2D eigenvalue weighted by atomic mass is 10.1. The monoisotopic (exact) mass is 328 g/mol. The van der Waals surface area contributed by atoms with Gasteiger partial charge in [-0.25, -0.2) is 0 Å². The average molecular weight is 328 g/mol. The summed E-state index contributed by atoms with van der Waals surface area (Å²) in [6.45, 7) is 4.28. The molecule has 0 aliphatic carbocycles. The smallest absolute Gasteiger partial charge is 0.256 e. The van der Waals surface area contributed by atoms with E-state index in [0.717, 1.165) is 38.1 Å². The molecule has 0 radical (unpaired) electrons. The van der Waals surface area contributed by atoms with E-state index in [1.54, 1.807) is 11.3 Å². The Morgan fingerprint density at radius 2 is 2.04 bits per heavy atom. The Labute approximate surface area is 137 Å². The topological polar surface area (TPSA) is 59.6 Å². The summed E-state index contributed by atoms with van der Waals surface area (Å²) in [7, 11) is 0. The van der Waals surface area contributed by atoms with Gasteiger partial charge in [0.25, 0.3) is 5.91 Å². The van der Waals surface area contributed by atoms with Crippen LogP contribution in [0.5, 0.6) is 11.5 Å². The van der Waals surface area contributed by atoms with E-state index in [1.807, 2.05) is 44.2 Å². The lowest BCUT2D eigenvalue weighted by Gasteiger charge is -2.23. The largest absolute Gasteiger partial charge is 0.454 e. The van der Waals surface area contributed by atoms with Gasteiger partial charge in [0, 0.05) is 4.88 Å². The van der Waals surface area contributed by atoms with Crippen LogP contribution in [0.3, 0.4) is 0 Å². The normalized spacial score (nSPS) is 18.7. The van der Waals surface area contributed by atoms with Gasteiger partial charge in [-0.1, -0.05) is 12.1 Å². The molecule has 0 unspecified atom stereocenters. The number of nitrogens with one attached hydrogen (secondary N) is 2. The molecular weight excluding hydrogens is 312 g/mol. The van der Waals surface area contributed by atoms with Crippen molar-refractivity contribution in [3.8, 4) is 11.5 Å². The predicted octanol–water partition coefficient (Wildman–Crippen LogP) is 3.29. The number of benzene rings is 1. The van der Waals surface area contributed by atoms with E-state index in [2.05, 4.69) is 10.6 Å². The Kier molecular flexibility index (Phi) is 3.27. The van der Waals surface area contributed by atoms with Gasteiger partial charge in [-0.05, 0) is 43.2 Å². The molecule has 0 saturated heterocycles. The van der Waals surface area contributed by atoms with E-state index in [0.29, 0.717) is 0 Å². The van der Waals surface area contributed by atoms with E-state index in [4.69, 9.17) is 9.47 Å². The number of fused-ring (bicyclic) bond motifs is 2. The number of carbonyl (C=O) groups is 1. The highest BCUT2D eigenvalue weighted by molar-refractivity contribution is 7.16. The molecule has 5 nitrogen and oxygen atoms in total. The lowest BCUT2D eigenvalue weighted by Crippen LogP contribution is -2.43. The zero-order valence-electron chi connectivity index (χ0n) is 12.8. The van der Waals surface area contributed by atoms with Gasteiger partial charge in [-0.3, -0.25) is 4.79 Å². The summed E-state index contributed by atoms with van der Waals surface area (Å²) in [4.78, 5) is 13.4. The summed E-state index contributed by atoms with van der Waals surface area (Å²) in [5, 5.41) is 7.25. The number of carbonyl (C=O) groups excluding carboxylic acids is 1. The zero-order valence-corrected chi connectivity index (χ0v) is 13.6. The van der Waals surface area contributed by atoms with Gasteiger partial charge >= 0.3 is 0 Å². The van der Waals surface area contributed by atoms with E-state index >= 15 is 0 Å². The molecule has 1 amide bonds. The summed E-state index contributed by atoms with van der Waals surface area (Å²) in [5.74, 6) is 1.49. The summed E-state index contributed by atoms with van der Waals surface area (Å²) in [6.07, 6.45) is 3.67. The number of thiophene rings is 1. The fourth-order valence-corrected chi connectivity index (χ4v) is 3.81. The number of rotatable bonds is 2. The maximum Gasteiger partial charge on any atom is 0.256 e. The van der Waals surface area contributed by atoms with Crippen LogP contribution < -0.4 is 20.1 Å². The van der Waals surface area contributed by atoms with E-state index in [9.17, 15) is 4.79 Å². The Bertz CT molecular complexity index is 825. The second-order valence-electron chi connectivity index (χ2n) is 5.55. The van der Waals surface area contributed by atoms with Gasteiger partial charge < -0.3 is 20.1 Å². The molecule has 0 saturated carbocycles. The molecule has 6 heteroatoms. The third kappa shape index (κ3) is 2.45. The summed E-state index contributed by atoms with van der Waals surface area (Å²) in [6, 6.07) is 5.77. The van der Waals surface area contributed by atoms with Crippen LogP contribution in [0.2, 0.25) is 0 Å². The standard InChI is InChI=1S/C17H16N2O3S/c1-9-10(2)23-17-15(9)16(20)18-14(19-17)6-4-11-3-5-12-13(7-11)22-8-21-12/h3-7,14,19H,8H2,1-2H3,(H,18,20)/b6-4+/t14-/m1/s1. The third-order valence-electron chi connectivity index (χ3n) is 4.06. The molecule has 2 N–H and O–H groups in total. The fourth-order valence-electron chi connectivity index (χ4n) is 2.71. The van der Waals surface area contributed by atoms with Crippen LogP contribution in [0.25, 0.3) is 6.08 Å². The van der Waals surface area contributed by atoms with Crippen molar-refractivity contribution in [2.45, 2.75) is 20.0 Å². The van der Waals surface area contributed by atoms with Crippen LogP contribution in [0.4, 0.5) is 5.00 Å². The first-order chi connectivity index (χ1) is 11.1. The summed E-state index contributed by atoms with van der Waals surface area (Å²) < 4.78 is 10.7. The van der Waals surface area contributed by atoms with Gasteiger partial charge in [0.05, 0.1) is 5.56 Å². The lowest BCUT2D eigenvalue weighted by molar-refractivity contribution is 0.0943. The van der Waals surface area contributed by atoms with Crippen LogP contribution >= 0.6 is 11.3 Å². The van der Waals surface area contributed by atoms with Gasteiger partial charge in [-0.2, -0.15) is 0 Å². The van der Waals surface area contributed by atoms with Crippen molar-refractivity contribution in [2.75, 3.05) is 12.1 Å². The quantitative estimate of drug-likeness (QED) is 0.888. The zero-order chi connectivity index (χ0) is 16.0. The molecule has 2 aliphatic rings. The molecule has 118 valence electrons. The van der Waals surface area contributed by atoms with Crippen LogP contribution in [-0.4, -0.2) is 18.9 Å². The molecule has 0 spiro atoms. The van der Waals surface area contributed by atoms with Gasteiger partial charge in [-0.15, -0.1) is 11.3 Å². The molecule has 0 bridgehead atoms. The molecule has 23 heavy (non-hydrogen) atoms. The summed E-state index contributed by atoms with van der Waals surface area (Å²) >= 11 is 1.62. The first-order valence-electron chi connectivity index (χ1n) is 7.37. The molecule has 1 aromatic carbocycles. The molecule has 1 atom stereocenters. The highest BCUT2D eigenvalue weighted by Crippen LogP contribution is 2.35. The van der Waals surface area contributed by atoms with Crippen molar-refractivity contribution in [3.05, 3.63) is 45.8 Å². The number of amides is 1. The minimum Gasteiger partial charge on any atom is -0.454 e. The molecule has 4 rings (SSSR count). The number of hydrogen-bond acceptors (Lipinski definition) is 5. The Morgan fingerprint density at radius 3 is 2.91 bits per heavy atom. The molecule has 2 aliphatic heterocycles. The van der Waals surface area contributed by atoms with Crippen molar-refractivity contribution < 1.29 is 14.3 Å². The van der Waals surface area contributed by atoms with Crippen molar-refractivity contribution in [2.24, 2.45) is 0 Å². The van der Waals surface area contributed by atoms with Crippen molar-refractivity contribution in [1.29, 1.82) is 0 Å². The highest BCUT2D eigenvalue weighted by Gasteiger charge is 2.26. The van der Waals surface area contributed by atoms with E-state index in [-0.39, 0.29) is 18.9 Å². The molecule has 0 fully saturated rings. The summed E-state index contributed by atoms with van der Waals surface area (Å²) in [5.41, 5.74) is 2.81. The minimum absolute atomic E-state index is 0.0269. The molecule has 3 heterocycles. The van der Waals surface area contributed by atoms with Crippen molar-refractivity contribution in [3.63, 3.8) is 0 Å². The number of ether oxygens (including phenoxy) is 2. The highest BCUT2D eigenvalue weighted by atomic mass is 32.1. The first-order valence-corrected chi connectivity index (χ1v) is 8.19. The second kappa shape index (κ2) is 5.31. The van der Waals surface area contributed by atoms with E-state index in [1.165, 1.54) is 0 Å². The Balaban J connectivity index is 1.55. The number of hydrogen-bond donors (Lipinski definition) is 2. The third-order valence-corrected chi connectivity index (χ3v) is 5.20. The maximum absolute atomic E-state index is 12.3. The van der Waals surface area contributed by atoms with Crippen LogP contribution in [0.15, 0.2) is 24.3 Å². The Hall–Kier alpha value is -2.47.